The summed E-state index contributed by atoms with van der Waals surface area (Å²) in [5, 5.41) is 0. The lowest BCUT2D eigenvalue weighted by Gasteiger charge is -2.31. The van der Waals surface area contributed by atoms with Gasteiger partial charge in [0.25, 0.3) is 5.91 Å². The van der Waals surface area contributed by atoms with Gasteiger partial charge in [-0.3, -0.25) is 4.79 Å². The third-order valence-corrected chi connectivity index (χ3v) is 6.15. The van der Waals surface area contributed by atoms with Crippen LogP contribution in [0.1, 0.15) is 54.4 Å². The number of piperidine rings is 1. The number of nitrogens with zero attached hydrogens (tertiary/aromatic N) is 4. The smallest absolute Gasteiger partial charge is 0.255 e. The predicted octanol–water partition coefficient (Wildman–Crippen LogP) is 3.96. The molecule has 2 aromatic heterocycles. The molecule has 2 aromatic rings. The molecule has 2 aliphatic rings. The SMILES string of the molecule is Cc1cc(C(=O)N2CCCC2)c(C)n1-c1ccc(N2CCC(C)CC2)nc1. The molecular weight excluding hydrogens is 336 g/mol. The fourth-order valence-electron chi connectivity index (χ4n) is 4.40. The lowest BCUT2D eigenvalue weighted by molar-refractivity contribution is 0.0792. The fourth-order valence-corrected chi connectivity index (χ4v) is 4.40. The number of amides is 1. The van der Waals surface area contributed by atoms with E-state index in [2.05, 4.69) is 35.4 Å². The molecule has 2 saturated heterocycles. The third kappa shape index (κ3) is 3.47. The Hall–Kier alpha value is -2.30. The number of aromatic nitrogens is 2. The van der Waals surface area contributed by atoms with Crippen LogP contribution in [0.2, 0.25) is 0 Å². The first-order valence-electron chi connectivity index (χ1n) is 10.2. The molecule has 27 heavy (non-hydrogen) atoms. The molecule has 2 aliphatic heterocycles. The summed E-state index contributed by atoms with van der Waals surface area (Å²) in [5.41, 5.74) is 3.94. The Kier molecular flexibility index (Phi) is 4.94. The van der Waals surface area contributed by atoms with E-state index in [9.17, 15) is 4.79 Å². The molecular formula is C22H30N4O. The summed E-state index contributed by atoms with van der Waals surface area (Å²) in [7, 11) is 0. The van der Waals surface area contributed by atoms with Gasteiger partial charge in [0.15, 0.2) is 0 Å². The Labute approximate surface area is 162 Å². The van der Waals surface area contributed by atoms with Crippen molar-refractivity contribution < 1.29 is 4.79 Å². The second-order valence-electron chi connectivity index (χ2n) is 8.16. The number of hydrogen-bond donors (Lipinski definition) is 0. The first kappa shape index (κ1) is 18.1. The van der Waals surface area contributed by atoms with Crippen molar-refractivity contribution in [2.45, 2.75) is 46.5 Å². The fraction of sp³-hybridized carbons (Fsp3) is 0.545. The van der Waals surface area contributed by atoms with Gasteiger partial charge in [-0.05, 0) is 63.6 Å². The Balaban J connectivity index is 1.57. The Morgan fingerprint density at radius 3 is 2.41 bits per heavy atom. The van der Waals surface area contributed by atoms with Crippen molar-refractivity contribution in [2.75, 3.05) is 31.1 Å². The molecule has 144 valence electrons. The first-order chi connectivity index (χ1) is 13.0. The maximum atomic E-state index is 12.8. The minimum Gasteiger partial charge on any atom is -0.357 e. The van der Waals surface area contributed by atoms with E-state index in [0.29, 0.717) is 0 Å². The second-order valence-corrected chi connectivity index (χ2v) is 8.16. The van der Waals surface area contributed by atoms with Crippen LogP contribution in [0.4, 0.5) is 5.82 Å². The highest BCUT2D eigenvalue weighted by Crippen LogP contribution is 2.25. The molecule has 0 aliphatic carbocycles. The number of carbonyl (C=O) groups is 1. The van der Waals surface area contributed by atoms with Crippen LogP contribution in [-0.4, -0.2) is 46.5 Å². The summed E-state index contributed by atoms with van der Waals surface area (Å²) in [5.74, 6) is 2.04. The zero-order valence-corrected chi connectivity index (χ0v) is 16.7. The van der Waals surface area contributed by atoms with E-state index in [1.165, 1.54) is 12.8 Å². The van der Waals surface area contributed by atoms with Gasteiger partial charge in [0.2, 0.25) is 0 Å². The molecule has 4 rings (SSSR count). The van der Waals surface area contributed by atoms with Gasteiger partial charge in [-0.25, -0.2) is 4.98 Å². The zero-order chi connectivity index (χ0) is 19.0. The molecule has 0 spiro atoms. The molecule has 0 unspecified atom stereocenters. The minimum atomic E-state index is 0.166. The van der Waals surface area contributed by atoms with Gasteiger partial charge in [0, 0.05) is 37.6 Å². The van der Waals surface area contributed by atoms with Crippen LogP contribution in [0.5, 0.6) is 0 Å². The predicted molar refractivity (Wildman–Crippen MR) is 109 cm³/mol. The lowest BCUT2D eigenvalue weighted by atomic mass is 9.99. The molecule has 0 saturated carbocycles. The number of anilines is 1. The maximum absolute atomic E-state index is 12.8. The van der Waals surface area contributed by atoms with Crippen molar-refractivity contribution in [3.8, 4) is 5.69 Å². The Bertz CT molecular complexity index is 810. The number of rotatable bonds is 3. The van der Waals surface area contributed by atoms with Gasteiger partial charge in [-0.2, -0.15) is 0 Å². The highest BCUT2D eigenvalue weighted by Gasteiger charge is 2.24. The van der Waals surface area contributed by atoms with Crippen molar-refractivity contribution in [1.82, 2.24) is 14.5 Å². The van der Waals surface area contributed by atoms with Crippen molar-refractivity contribution in [1.29, 1.82) is 0 Å². The Morgan fingerprint density at radius 2 is 1.78 bits per heavy atom. The van der Waals surface area contributed by atoms with E-state index in [0.717, 1.165) is 73.4 Å². The largest absolute Gasteiger partial charge is 0.357 e. The summed E-state index contributed by atoms with van der Waals surface area (Å²) in [6.45, 7) is 10.4. The summed E-state index contributed by atoms with van der Waals surface area (Å²) in [4.78, 5) is 21.9. The van der Waals surface area contributed by atoms with Crippen LogP contribution in [0.3, 0.4) is 0 Å². The molecule has 0 bridgehead atoms. The van der Waals surface area contributed by atoms with Crippen LogP contribution in [0.25, 0.3) is 5.69 Å². The van der Waals surface area contributed by atoms with Crippen LogP contribution in [0, 0.1) is 19.8 Å². The van der Waals surface area contributed by atoms with Gasteiger partial charge < -0.3 is 14.4 Å². The first-order valence-corrected chi connectivity index (χ1v) is 10.2. The topological polar surface area (TPSA) is 41.4 Å². The average Bonchev–Trinajstić information content (AvgIpc) is 3.31. The second kappa shape index (κ2) is 7.37. The molecule has 0 radical (unpaired) electrons. The van der Waals surface area contributed by atoms with Crippen LogP contribution in [0.15, 0.2) is 24.4 Å². The molecule has 0 atom stereocenters. The van der Waals surface area contributed by atoms with Gasteiger partial charge in [0.05, 0.1) is 17.4 Å². The third-order valence-electron chi connectivity index (χ3n) is 6.15. The van der Waals surface area contributed by atoms with Crippen LogP contribution >= 0.6 is 0 Å². The van der Waals surface area contributed by atoms with E-state index >= 15 is 0 Å². The number of pyridine rings is 1. The van der Waals surface area contributed by atoms with E-state index in [-0.39, 0.29) is 5.91 Å². The number of hydrogen-bond acceptors (Lipinski definition) is 3. The summed E-state index contributed by atoms with van der Waals surface area (Å²) < 4.78 is 2.15. The molecule has 0 aromatic carbocycles. The van der Waals surface area contributed by atoms with Crippen LogP contribution in [-0.2, 0) is 0 Å². The van der Waals surface area contributed by atoms with Crippen LogP contribution < -0.4 is 4.90 Å². The highest BCUT2D eigenvalue weighted by molar-refractivity contribution is 5.96. The van der Waals surface area contributed by atoms with Crippen molar-refractivity contribution in [3.63, 3.8) is 0 Å². The average molecular weight is 367 g/mol. The van der Waals surface area contributed by atoms with E-state index in [4.69, 9.17) is 4.98 Å². The van der Waals surface area contributed by atoms with E-state index in [1.54, 1.807) is 0 Å². The number of likely N-dealkylation sites (tertiary alicyclic amines) is 1. The normalized spacial score (nSPS) is 18.3. The van der Waals surface area contributed by atoms with Crippen molar-refractivity contribution >= 4 is 11.7 Å². The quantitative estimate of drug-likeness (QED) is 0.826. The number of carbonyl (C=O) groups excluding carboxylic acids is 1. The molecule has 4 heterocycles. The molecule has 5 nitrogen and oxygen atoms in total. The Morgan fingerprint density at radius 1 is 1.07 bits per heavy atom. The van der Waals surface area contributed by atoms with Gasteiger partial charge in [-0.15, -0.1) is 0 Å². The monoisotopic (exact) mass is 366 g/mol. The van der Waals surface area contributed by atoms with Gasteiger partial charge >= 0.3 is 0 Å². The summed E-state index contributed by atoms with van der Waals surface area (Å²) in [6.07, 6.45) is 6.65. The molecule has 2 fully saturated rings. The molecule has 5 heteroatoms. The standard InChI is InChI=1S/C22H30N4O/c1-16-8-12-24(13-9-16)21-7-6-19(15-23-21)26-17(2)14-20(18(26)3)22(27)25-10-4-5-11-25/h6-7,14-16H,4-5,8-13H2,1-3H3. The van der Waals surface area contributed by atoms with Gasteiger partial charge in [-0.1, -0.05) is 6.92 Å². The molecule has 1 amide bonds. The maximum Gasteiger partial charge on any atom is 0.255 e. The minimum absolute atomic E-state index is 0.166. The lowest BCUT2D eigenvalue weighted by Crippen LogP contribution is -2.33. The van der Waals surface area contributed by atoms with E-state index in [1.807, 2.05) is 24.1 Å². The van der Waals surface area contributed by atoms with Crippen molar-refractivity contribution in [2.24, 2.45) is 5.92 Å². The summed E-state index contributed by atoms with van der Waals surface area (Å²) >= 11 is 0. The van der Waals surface area contributed by atoms with Gasteiger partial charge in [0.1, 0.15) is 5.82 Å². The number of aryl methyl sites for hydroxylation is 1. The zero-order valence-electron chi connectivity index (χ0n) is 16.7. The van der Waals surface area contributed by atoms with Crippen molar-refractivity contribution in [3.05, 3.63) is 41.3 Å². The van der Waals surface area contributed by atoms with E-state index < -0.39 is 0 Å². The summed E-state index contributed by atoms with van der Waals surface area (Å²) in [6, 6.07) is 6.27. The molecule has 0 N–H and O–H groups in total. The highest BCUT2D eigenvalue weighted by atomic mass is 16.2.